The zero-order valence-corrected chi connectivity index (χ0v) is 20.1. The van der Waals surface area contributed by atoms with Crippen molar-refractivity contribution in [3.63, 3.8) is 0 Å². The van der Waals surface area contributed by atoms with Crippen molar-refractivity contribution in [2.75, 3.05) is 18.4 Å². The summed E-state index contributed by atoms with van der Waals surface area (Å²) in [5, 5.41) is 11.2. The van der Waals surface area contributed by atoms with Gasteiger partial charge in [-0.05, 0) is 48.6 Å². The van der Waals surface area contributed by atoms with Crippen LogP contribution in [0.1, 0.15) is 28.6 Å². The van der Waals surface area contributed by atoms with Gasteiger partial charge in [-0.2, -0.15) is 17.5 Å². The average molecular weight is 527 g/mol. The second-order valence-corrected chi connectivity index (χ2v) is 11.1. The number of nitrogens with one attached hydrogen (secondary N) is 1. The number of hydrogen-bond acceptors (Lipinski definition) is 7. The topological polar surface area (TPSA) is 105 Å². The van der Waals surface area contributed by atoms with Gasteiger partial charge in [0, 0.05) is 24.0 Å². The Labute approximate surface area is 203 Å². The molecule has 1 fully saturated rings. The third kappa shape index (κ3) is 5.46. The van der Waals surface area contributed by atoms with Gasteiger partial charge < -0.3 is 4.42 Å². The molecule has 1 aliphatic rings. The van der Waals surface area contributed by atoms with E-state index in [1.54, 1.807) is 6.08 Å². The van der Waals surface area contributed by atoms with Gasteiger partial charge in [0.25, 0.3) is 5.91 Å². The molecule has 1 aliphatic heterocycles. The summed E-state index contributed by atoms with van der Waals surface area (Å²) < 4.78 is 71.1. The Morgan fingerprint density at radius 2 is 1.97 bits per heavy atom. The Bertz CT molecular complexity index is 1330. The van der Waals surface area contributed by atoms with Crippen LogP contribution in [-0.4, -0.2) is 41.9 Å². The molecular weight excluding hydrogens is 505 g/mol. The fourth-order valence-electron chi connectivity index (χ4n) is 3.79. The summed E-state index contributed by atoms with van der Waals surface area (Å²) in [6.45, 7) is 6.48. The third-order valence-corrected chi connectivity index (χ3v) is 8.42. The molecule has 13 heteroatoms. The number of aromatic nitrogens is 2. The molecule has 4 rings (SSSR count). The van der Waals surface area contributed by atoms with Crippen molar-refractivity contribution in [3.8, 4) is 11.5 Å². The van der Waals surface area contributed by atoms with Crippen molar-refractivity contribution in [2.45, 2.75) is 24.4 Å². The number of nitrogens with zero attached hydrogens (tertiary/aromatic N) is 3. The lowest BCUT2D eigenvalue weighted by Crippen LogP contribution is -2.42. The van der Waals surface area contributed by atoms with Crippen LogP contribution in [0.5, 0.6) is 0 Å². The second kappa shape index (κ2) is 9.55. The van der Waals surface area contributed by atoms with Crippen LogP contribution >= 0.6 is 11.3 Å². The quantitative estimate of drug-likeness (QED) is 0.458. The number of anilines is 1. The number of piperidine rings is 1. The lowest BCUT2D eigenvalue weighted by atomic mass is 9.92. The highest BCUT2D eigenvalue weighted by Crippen LogP contribution is 2.32. The van der Waals surface area contributed by atoms with Gasteiger partial charge in [0.05, 0.1) is 15.3 Å². The van der Waals surface area contributed by atoms with Gasteiger partial charge in [-0.25, -0.2) is 8.42 Å². The molecular formula is C22H21F3N4O4S2. The number of sulfonamides is 1. The van der Waals surface area contributed by atoms with E-state index in [4.69, 9.17) is 4.42 Å². The molecule has 0 radical (unpaired) electrons. The molecule has 1 aromatic carbocycles. The van der Waals surface area contributed by atoms with Crippen molar-refractivity contribution in [2.24, 2.45) is 11.8 Å². The van der Waals surface area contributed by atoms with Gasteiger partial charge in [-0.1, -0.05) is 18.1 Å². The number of hydrogen-bond donors (Lipinski definition) is 1. The van der Waals surface area contributed by atoms with E-state index in [9.17, 15) is 26.4 Å². The van der Waals surface area contributed by atoms with Crippen molar-refractivity contribution in [1.29, 1.82) is 0 Å². The molecule has 8 nitrogen and oxygen atoms in total. The molecule has 1 N–H and O–H groups in total. The normalized spacial score (nSPS) is 19.4. The molecule has 35 heavy (non-hydrogen) atoms. The third-order valence-electron chi connectivity index (χ3n) is 5.53. The molecule has 0 spiro atoms. The fraction of sp³-hybridized carbons (Fsp3) is 0.318. The Balaban J connectivity index is 1.45. The number of thiophene rings is 1. The summed E-state index contributed by atoms with van der Waals surface area (Å²) in [4.78, 5) is 12.7. The first-order valence-corrected chi connectivity index (χ1v) is 12.8. The summed E-state index contributed by atoms with van der Waals surface area (Å²) in [5.74, 6) is -0.500. The molecule has 3 aromatic rings. The maximum atomic E-state index is 13.1. The summed E-state index contributed by atoms with van der Waals surface area (Å²) >= 11 is 0.948. The van der Waals surface area contributed by atoms with Crippen molar-refractivity contribution < 1.29 is 30.8 Å². The average Bonchev–Trinajstić information content (AvgIpc) is 3.49. The van der Waals surface area contributed by atoms with Crippen LogP contribution in [0.3, 0.4) is 0 Å². The highest BCUT2D eigenvalue weighted by molar-refractivity contribution is 7.89. The molecule has 0 unspecified atom stereocenters. The minimum atomic E-state index is -4.47. The lowest BCUT2D eigenvalue weighted by molar-refractivity contribution is -0.137. The van der Waals surface area contributed by atoms with Crippen LogP contribution in [0.2, 0.25) is 0 Å². The van der Waals surface area contributed by atoms with E-state index in [0.717, 1.165) is 29.9 Å². The van der Waals surface area contributed by atoms with Crippen LogP contribution in [0.25, 0.3) is 11.5 Å². The molecule has 1 saturated heterocycles. The standard InChI is InChI=1S/C22H21F3N4O4S2/c1-3-14-8-13(2)10-29(11-14)35(31,32)17-9-18(34-12-17)19(30)26-21-28-27-20(33-21)15-4-6-16(7-5-15)22(23,24)25/h3-7,9,12-14H,1,8,10-11H2,2H3,(H,26,28,30)/t13-,14+/m0/s1. The predicted octanol–water partition coefficient (Wildman–Crippen LogP) is 4.90. The predicted molar refractivity (Wildman–Crippen MR) is 123 cm³/mol. The highest BCUT2D eigenvalue weighted by Gasteiger charge is 2.33. The first-order valence-electron chi connectivity index (χ1n) is 10.5. The Kier molecular flexibility index (Phi) is 6.84. The Hall–Kier alpha value is -3.03. The SMILES string of the molecule is C=C[C@@H]1C[C@H](C)CN(S(=O)(=O)c2csc(C(=O)Nc3nnc(-c4ccc(C(F)(F)F)cc4)o3)c2)C1. The van der Waals surface area contributed by atoms with E-state index in [-0.39, 0.29) is 39.1 Å². The summed E-state index contributed by atoms with van der Waals surface area (Å²) in [6.07, 6.45) is -1.85. The van der Waals surface area contributed by atoms with Crippen molar-refractivity contribution in [3.05, 3.63) is 58.8 Å². The number of amides is 1. The molecule has 186 valence electrons. The maximum absolute atomic E-state index is 13.1. The largest absolute Gasteiger partial charge is 0.416 e. The monoisotopic (exact) mass is 526 g/mol. The fourth-order valence-corrected chi connectivity index (χ4v) is 6.56. The minimum absolute atomic E-state index is 0.0144. The van der Waals surface area contributed by atoms with Crippen LogP contribution in [0.4, 0.5) is 19.2 Å². The van der Waals surface area contributed by atoms with E-state index < -0.39 is 27.7 Å². The number of alkyl halides is 3. The van der Waals surface area contributed by atoms with E-state index in [1.165, 1.54) is 27.9 Å². The molecule has 1 amide bonds. The lowest BCUT2D eigenvalue weighted by Gasteiger charge is -2.34. The number of carbonyl (C=O) groups excluding carboxylic acids is 1. The van der Waals surface area contributed by atoms with E-state index in [2.05, 4.69) is 22.1 Å². The number of carbonyl (C=O) groups is 1. The molecule has 3 heterocycles. The second-order valence-electron chi connectivity index (χ2n) is 8.25. The maximum Gasteiger partial charge on any atom is 0.416 e. The van der Waals surface area contributed by atoms with Gasteiger partial charge in [0.15, 0.2) is 0 Å². The molecule has 0 saturated carbocycles. The van der Waals surface area contributed by atoms with Crippen LogP contribution in [0, 0.1) is 11.8 Å². The summed E-state index contributed by atoms with van der Waals surface area (Å²) in [5.41, 5.74) is -0.583. The first-order chi connectivity index (χ1) is 16.5. The highest BCUT2D eigenvalue weighted by atomic mass is 32.2. The Morgan fingerprint density at radius 3 is 2.63 bits per heavy atom. The molecule has 0 bridgehead atoms. The zero-order valence-electron chi connectivity index (χ0n) is 18.4. The van der Waals surface area contributed by atoms with Gasteiger partial charge in [-0.3, -0.25) is 10.1 Å². The zero-order chi connectivity index (χ0) is 25.4. The summed E-state index contributed by atoms with van der Waals surface area (Å²) in [6, 6.07) is 5.12. The number of halogens is 3. The van der Waals surface area contributed by atoms with Crippen LogP contribution < -0.4 is 5.32 Å². The number of benzene rings is 1. The molecule has 0 aliphatic carbocycles. The first kappa shape index (κ1) is 25.1. The van der Waals surface area contributed by atoms with Crippen molar-refractivity contribution in [1.82, 2.24) is 14.5 Å². The smallest absolute Gasteiger partial charge is 0.403 e. The van der Waals surface area contributed by atoms with Crippen LogP contribution in [-0.2, 0) is 16.2 Å². The van der Waals surface area contributed by atoms with Gasteiger partial charge >= 0.3 is 12.2 Å². The van der Waals surface area contributed by atoms with Crippen molar-refractivity contribution >= 4 is 33.3 Å². The minimum Gasteiger partial charge on any atom is -0.403 e. The Morgan fingerprint density at radius 1 is 1.26 bits per heavy atom. The molecule has 2 aromatic heterocycles. The van der Waals surface area contributed by atoms with E-state index in [0.29, 0.717) is 13.1 Å². The van der Waals surface area contributed by atoms with E-state index >= 15 is 0 Å². The number of rotatable bonds is 6. The summed E-state index contributed by atoms with van der Waals surface area (Å²) in [7, 11) is -3.79. The van der Waals surface area contributed by atoms with E-state index in [1.807, 2.05) is 6.92 Å². The molecule has 2 atom stereocenters. The van der Waals surface area contributed by atoms with Gasteiger partial charge in [0.2, 0.25) is 15.9 Å². The van der Waals surface area contributed by atoms with Gasteiger partial charge in [0.1, 0.15) is 0 Å². The van der Waals surface area contributed by atoms with Crippen LogP contribution in [0.15, 0.2) is 57.7 Å². The van der Waals surface area contributed by atoms with Gasteiger partial charge in [-0.15, -0.1) is 23.0 Å².